The van der Waals surface area contributed by atoms with Crippen molar-refractivity contribution in [1.82, 2.24) is 20.2 Å². The van der Waals surface area contributed by atoms with E-state index in [0.29, 0.717) is 17.3 Å². The number of anilines is 1. The number of nitrogens with one attached hydrogen (secondary N) is 1. The summed E-state index contributed by atoms with van der Waals surface area (Å²) in [6.45, 7) is 3.76. The lowest BCUT2D eigenvalue weighted by molar-refractivity contribution is -0.117. The summed E-state index contributed by atoms with van der Waals surface area (Å²) in [4.78, 5) is 11.7. The zero-order valence-corrected chi connectivity index (χ0v) is 10.8. The number of rotatable bonds is 5. The molecule has 1 unspecified atom stereocenters. The van der Waals surface area contributed by atoms with Gasteiger partial charge in [-0.25, -0.2) is 4.68 Å². The maximum Gasteiger partial charge on any atom is 0.247 e. The van der Waals surface area contributed by atoms with Crippen LogP contribution in [0.4, 0.5) is 5.82 Å². The number of hydrogen-bond acceptors (Lipinski definition) is 6. The monoisotopic (exact) mass is 264 g/mol. The molecule has 0 aliphatic rings. The highest BCUT2D eigenvalue weighted by Crippen LogP contribution is 2.09. The summed E-state index contributed by atoms with van der Waals surface area (Å²) in [5, 5.41) is 14.1. The van der Waals surface area contributed by atoms with Crippen LogP contribution in [-0.2, 0) is 11.3 Å². The molecule has 0 aromatic carbocycles. The number of aryl methyl sites for hydroxylation is 1. The van der Waals surface area contributed by atoms with Crippen molar-refractivity contribution in [3.63, 3.8) is 0 Å². The van der Waals surface area contributed by atoms with Crippen LogP contribution in [0.1, 0.15) is 30.8 Å². The van der Waals surface area contributed by atoms with Crippen molar-refractivity contribution in [1.29, 1.82) is 0 Å². The largest absolute Gasteiger partial charge is 0.360 e. The molecule has 0 saturated heterocycles. The van der Waals surface area contributed by atoms with Crippen molar-refractivity contribution >= 4 is 11.7 Å². The van der Waals surface area contributed by atoms with Crippen LogP contribution in [0.25, 0.3) is 0 Å². The minimum absolute atomic E-state index is 0.0509. The highest BCUT2D eigenvalue weighted by atomic mass is 16.5. The number of carbonyl (C=O) groups is 1. The van der Waals surface area contributed by atoms with Crippen LogP contribution >= 0.6 is 0 Å². The summed E-state index contributed by atoms with van der Waals surface area (Å²) < 4.78 is 6.29. The van der Waals surface area contributed by atoms with Gasteiger partial charge in [-0.1, -0.05) is 17.3 Å². The molecule has 0 spiro atoms. The summed E-state index contributed by atoms with van der Waals surface area (Å²) in [5.74, 6) is 0.759. The number of carbonyl (C=O) groups excluding carboxylic acids is 1. The van der Waals surface area contributed by atoms with E-state index in [1.807, 2.05) is 6.92 Å². The number of nitrogens with two attached hydrogens (primary N) is 1. The van der Waals surface area contributed by atoms with Crippen molar-refractivity contribution < 1.29 is 9.32 Å². The van der Waals surface area contributed by atoms with Crippen molar-refractivity contribution in [2.24, 2.45) is 5.73 Å². The smallest absolute Gasteiger partial charge is 0.247 e. The van der Waals surface area contributed by atoms with Gasteiger partial charge in [0.2, 0.25) is 5.91 Å². The van der Waals surface area contributed by atoms with Crippen LogP contribution in [0.5, 0.6) is 0 Å². The molecule has 0 fully saturated rings. The number of hydrogen-bond donors (Lipinski definition) is 2. The Labute approximate surface area is 109 Å². The van der Waals surface area contributed by atoms with Crippen LogP contribution in [-0.4, -0.2) is 26.1 Å². The van der Waals surface area contributed by atoms with E-state index < -0.39 is 0 Å². The first-order chi connectivity index (χ1) is 9.08. The van der Waals surface area contributed by atoms with Crippen molar-refractivity contribution in [3.8, 4) is 0 Å². The van der Waals surface area contributed by atoms with E-state index in [4.69, 9.17) is 10.3 Å². The Hall–Kier alpha value is -2.22. The highest BCUT2D eigenvalue weighted by molar-refractivity contribution is 5.89. The third kappa shape index (κ3) is 3.38. The molecule has 0 bridgehead atoms. The van der Waals surface area contributed by atoms with Gasteiger partial charge in [0.1, 0.15) is 12.3 Å². The molecule has 8 nitrogen and oxygen atoms in total. The van der Waals surface area contributed by atoms with Gasteiger partial charge in [-0.2, -0.15) is 0 Å². The van der Waals surface area contributed by atoms with E-state index in [1.165, 1.54) is 4.68 Å². The van der Waals surface area contributed by atoms with Crippen LogP contribution in [0, 0.1) is 6.92 Å². The fraction of sp³-hybridized carbons (Fsp3) is 0.455. The van der Waals surface area contributed by atoms with Gasteiger partial charge in [-0.05, 0) is 13.3 Å². The molecule has 0 saturated carbocycles. The lowest BCUT2D eigenvalue weighted by Crippen LogP contribution is -2.19. The van der Waals surface area contributed by atoms with Crippen molar-refractivity contribution in [3.05, 3.63) is 23.7 Å². The molecular weight excluding hydrogens is 248 g/mol. The zero-order valence-electron chi connectivity index (χ0n) is 10.8. The normalized spacial score (nSPS) is 12.4. The van der Waals surface area contributed by atoms with Gasteiger partial charge in [0.25, 0.3) is 0 Å². The maximum absolute atomic E-state index is 11.7. The Balaban J connectivity index is 1.93. The predicted octanol–water partition coefficient (Wildman–Crippen LogP) is 0.623. The van der Waals surface area contributed by atoms with Crippen LogP contribution in [0.3, 0.4) is 0 Å². The summed E-state index contributed by atoms with van der Waals surface area (Å²) >= 11 is 0. The van der Waals surface area contributed by atoms with Crippen molar-refractivity contribution in [2.45, 2.75) is 32.9 Å². The molecule has 2 aromatic rings. The summed E-state index contributed by atoms with van der Waals surface area (Å²) in [7, 11) is 0. The first-order valence-electron chi connectivity index (χ1n) is 5.97. The Kier molecular flexibility index (Phi) is 3.91. The molecule has 0 radical (unpaired) electrons. The second-order valence-corrected chi connectivity index (χ2v) is 4.23. The second kappa shape index (κ2) is 5.61. The van der Waals surface area contributed by atoms with E-state index in [1.54, 1.807) is 19.2 Å². The molecule has 1 amide bonds. The fourth-order valence-electron chi connectivity index (χ4n) is 1.52. The quantitative estimate of drug-likeness (QED) is 0.818. The number of amides is 1. The molecule has 102 valence electrons. The lowest BCUT2D eigenvalue weighted by atomic mass is 10.2. The molecular formula is C11H16N6O2. The van der Waals surface area contributed by atoms with Crippen LogP contribution in [0.2, 0.25) is 0 Å². The standard InChI is InChI=1S/C11H16N6O2/c1-3-8(12)9-5-17(16-14-9)6-11(18)13-10-4-7(2)19-15-10/h4-5,8H,3,6,12H2,1-2H3,(H,13,15,18). The van der Waals surface area contributed by atoms with E-state index >= 15 is 0 Å². The van der Waals surface area contributed by atoms with Gasteiger partial charge in [0.15, 0.2) is 5.82 Å². The Morgan fingerprint density at radius 2 is 2.42 bits per heavy atom. The van der Waals surface area contributed by atoms with E-state index in [-0.39, 0.29) is 18.5 Å². The predicted molar refractivity (Wildman–Crippen MR) is 67.1 cm³/mol. The summed E-state index contributed by atoms with van der Waals surface area (Å²) in [6.07, 6.45) is 2.44. The van der Waals surface area contributed by atoms with E-state index in [2.05, 4.69) is 20.8 Å². The van der Waals surface area contributed by atoms with Gasteiger partial charge >= 0.3 is 0 Å². The number of aromatic nitrogens is 4. The number of nitrogens with zero attached hydrogens (tertiary/aromatic N) is 4. The van der Waals surface area contributed by atoms with Gasteiger partial charge in [0, 0.05) is 6.07 Å². The van der Waals surface area contributed by atoms with Gasteiger partial charge in [0.05, 0.1) is 17.9 Å². The average molecular weight is 264 g/mol. The third-order valence-corrected chi connectivity index (χ3v) is 2.58. The van der Waals surface area contributed by atoms with E-state index in [0.717, 1.165) is 6.42 Å². The molecule has 0 aliphatic carbocycles. The second-order valence-electron chi connectivity index (χ2n) is 4.23. The Morgan fingerprint density at radius 3 is 3.05 bits per heavy atom. The molecule has 2 rings (SSSR count). The molecule has 2 heterocycles. The molecule has 0 aliphatic heterocycles. The topological polar surface area (TPSA) is 112 Å². The molecule has 19 heavy (non-hydrogen) atoms. The third-order valence-electron chi connectivity index (χ3n) is 2.58. The zero-order chi connectivity index (χ0) is 13.8. The van der Waals surface area contributed by atoms with Crippen molar-refractivity contribution in [2.75, 3.05) is 5.32 Å². The summed E-state index contributed by atoms with van der Waals surface area (Å²) in [5.41, 5.74) is 6.50. The van der Waals surface area contributed by atoms with Gasteiger partial charge in [-0.15, -0.1) is 5.10 Å². The minimum Gasteiger partial charge on any atom is -0.360 e. The van der Waals surface area contributed by atoms with Crippen LogP contribution < -0.4 is 11.1 Å². The van der Waals surface area contributed by atoms with E-state index in [9.17, 15) is 4.79 Å². The first kappa shape index (κ1) is 13.2. The molecule has 8 heteroatoms. The highest BCUT2D eigenvalue weighted by Gasteiger charge is 2.11. The Bertz CT molecular complexity index is 561. The van der Waals surface area contributed by atoms with Crippen LogP contribution in [0.15, 0.2) is 16.8 Å². The summed E-state index contributed by atoms with van der Waals surface area (Å²) in [6, 6.07) is 1.48. The maximum atomic E-state index is 11.7. The molecule has 3 N–H and O–H groups in total. The van der Waals surface area contributed by atoms with Gasteiger partial charge in [-0.3, -0.25) is 4.79 Å². The fourth-order valence-corrected chi connectivity index (χ4v) is 1.52. The SMILES string of the molecule is CCC(N)c1cn(CC(=O)Nc2cc(C)on2)nn1. The van der Waals surface area contributed by atoms with Gasteiger partial charge < -0.3 is 15.6 Å². The Morgan fingerprint density at radius 1 is 1.63 bits per heavy atom. The average Bonchev–Trinajstić information content (AvgIpc) is 2.98. The molecule has 1 atom stereocenters. The minimum atomic E-state index is -0.255. The first-order valence-corrected chi connectivity index (χ1v) is 5.97. The molecule has 2 aromatic heterocycles. The lowest BCUT2D eigenvalue weighted by Gasteiger charge is -2.02.